The lowest BCUT2D eigenvalue weighted by Crippen LogP contribution is -2.36. The Balaban J connectivity index is 1.72. The molecule has 178 valence electrons. The largest absolute Gasteiger partial charge is 0.461 e. The predicted octanol–water partition coefficient (Wildman–Crippen LogP) is 6.14. The molecular formula is C27H27ClFNO3S. The summed E-state index contributed by atoms with van der Waals surface area (Å²) in [5.74, 6) is -0.281. The Morgan fingerprint density at radius 3 is 2.62 bits per heavy atom. The van der Waals surface area contributed by atoms with E-state index in [1.54, 1.807) is 36.9 Å². The molecule has 0 saturated carbocycles. The molecule has 2 atom stereocenters. The van der Waals surface area contributed by atoms with Crippen LogP contribution in [0.25, 0.3) is 0 Å². The monoisotopic (exact) mass is 499 g/mol. The SMILES string of the molecule is CCSCCOC(=O)C1=C(C)NC2=C(C(=O)C[C@@H](c3ccc(Cl)cc3)C2)[C@@H]1c1ccccc1F. The van der Waals surface area contributed by atoms with Crippen molar-refractivity contribution in [3.05, 3.63) is 93.0 Å². The second-order valence-corrected chi connectivity index (χ2v) is 10.3. The summed E-state index contributed by atoms with van der Waals surface area (Å²) in [5.41, 5.74) is 3.40. The van der Waals surface area contributed by atoms with Crippen LogP contribution in [-0.2, 0) is 14.3 Å². The second kappa shape index (κ2) is 10.8. The minimum Gasteiger partial charge on any atom is -0.461 e. The van der Waals surface area contributed by atoms with E-state index in [2.05, 4.69) is 5.32 Å². The molecule has 4 rings (SSSR count). The van der Waals surface area contributed by atoms with Gasteiger partial charge in [-0.2, -0.15) is 11.8 Å². The van der Waals surface area contributed by atoms with Gasteiger partial charge in [-0.25, -0.2) is 9.18 Å². The highest BCUT2D eigenvalue weighted by Gasteiger charge is 2.42. The van der Waals surface area contributed by atoms with Gasteiger partial charge in [-0.15, -0.1) is 0 Å². The number of Topliss-reactive ketones (excluding diaryl/α,β-unsaturated/α-hetero) is 1. The first-order valence-corrected chi connectivity index (χ1v) is 12.9. The molecule has 0 bridgehead atoms. The van der Waals surface area contributed by atoms with Crippen LogP contribution in [0.2, 0.25) is 5.02 Å². The summed E-state index contributed by atoms with van der Waals surface area (Å²) in [7, 11) is 0. The minimum absolute atomic E-state index is 0.0235. The van der Waals surface area contributed by atoms with Gasteiger partial charge >= 0.3 is 5.97 Å². The van der Waals surface area contributed by atoms with Crippen molar-refractivity contribution in [1.29, 1.82) is 0 Å². The molecule has 0 fully saturated rings. The maximum atomic E-state index is 15.0. The number of benzene rings is 2. The Labute approximate surface area is 208 Å². The number of esters is 1. The number of carbonyl (C=O) groups is 2. The van der Waals surface area contributed by atoms with Crippen LogP contribution in [0.15, 0.2) is 71.1 Å². The van der Waals surface area contributed by atoms with E-state index < -0.39 is 17.7 Å². The van der Waals surface area contributed by atoms with Crippen LogP contribution in [0.5, 0.6) is 0 Å². The number of rotatable bonds is 7. The highest BCUT2D eigenvalue weighted by Crippen LogP contribution is 2.46. The van der Waals surface area contributed by atoms with Gasteiger partial charge < -0.3 is 10.1 Å². The third-order valence-corrected chi connectivity index (χ3v) is 7.39. The van der Waals surface area contributed by atoms with E-state index in [9.17, 15) is 9.59 Å². The molecule has 0 saturated heterocycles. The lowest BCUT2D eigenvalue weighted by Gasteiger charge is -2.36. The van der Waals surface area contributed by atoms with Crippen molar-refractivity contribution < 1.29 is 18.7 Å². The van der Waals surface area contributed by atoms with Crippen LogP contribution in [0.1, 0.15) is 49.7 Å². The van der Waals surface area contributed by atoms with Gasteiger partial charge in [0.15, 0.2) is 5.78 Å². The normalized spacial score (nSPS) is 20.2. The maximum absolute atomic E-state index is 15.0. The first-order valence-electron chi connectivity index (χ1n) is 11.4. The Morgan fingerprint density at radius 2 is 1.91 bits per heavy atom. The topological polar surface area (TPSA) is 55.4 Å². The molecule has 4 nitrogen and oxygen atoms in total. The summed E-state index contributed by atoms with van der Waals surface area (Å²) >= 11 is 7.71. The smallest absolute Gasteiger partial charge is 0.336 e. The highest BCUT2D eigenvalue weighted by atomic mass is 35.5. The molecule has 0 unspecified atom stereocenters. The zero-order valence-corrected chi connectivity index (χ0v) is 20.8. The van der Waals surface area contributed by atoms with E-state index in [0.29, 0.717) is 39.6 Å². The van der Waals surface area contributed by atoms with Crippen molar-refractivity contribution in [2.45, 2.75) is 38.5 Å². The average molecular weight is 500 g/mol. The molecule has 2 aromatic rings. The quantitative estimate of drug-likeness (QED) is 0.366. The van der Waals surface area contributed by atoms with Gasteiger partial charge in [-0.3, -0.25) is 4.79 Å². The third kappa shape index (κ3) is 5.08. The van der Waals surface area contributed by atoms with Crippen molar-refractivity contribution in [2.75, 3.05) is 18.1 Å². The summed E-state index contributed by atoms with van der Waals surface area (Å²) in [5, 5.41) is 3.93. The lowest BCUT2D eigenvalue weighted by atomic mass is 9.71. The Bertz CT molecular complexity index is 1160. The zero-order chi connectivity index (χ0) is 24.2. The second-order valence-electron chi connectivity index (χ2n) is 8.42. The van der Waals surface area contributed by atoms with Crippen LogP contribution in [-0.4, -0.2) is 29.9 Å². The number of dihydropyridines is 1. The number of ketones is 1. The van der Waals surface area contributed by atoms with Gasteiger partial charge in [-0.1, -0.05) is 48.9 Å². The summed E-state index contributed by atoms with van der Waals surface area (Å²) in [6.07, 6.45) is 0.863. The third-order valence-electron chi connectivity index (χ3n) is 6.27. The molecule has 2 aliphatic rings. The molecular weight excluding hydrogens is 473 g/mol. The van der Waals surface area contributed by atoms with E-state index in [1.165, 1.54) is 6.07 Å². The van der Waals surface area contributed by atoms with Crippen molar-refractivity contribution in [1.82, 2.24) is 5.32 Å². The van der Waals surface area contributed by atoms with Gasteiger partial charge in [0.25, 0.3) is 0 Å². The fraction of sp³-hybridized carbons (Fsp3) is 0.333. The van der Waals surface area contributed by atoms with E-state index in [0.717, 1.165) is 17.0 Å². The number of halogens is 2. The van der Waals surface area contributed by atoms with Gasteiger partial charge in [0.05, 0.1) is 11.5 Å². The van der Waals surface area contributed by atoms with E-state index >= 15 is 4.39 Å². The average Bonchev–Trinajstić information content (AvgIpc) is 2.81. The summed E-state index contributed by atoms with van der Waals surface area (Å²) < 4.78 is 20.5. The molecule has 1 aliphatic carbocycles. The van der Waals surface area contributed by atoms with Crippen molar-refractivity contribution >= 4 is 35.1 Å². The highest BCUT2D eigenvalue weighted by molar-refractivity contribution is 7.99. The number of ether oxygens (including phenoxy) is 1. The molecule has 1 N–H and O–H groups in total. The molecule has 2 aromatic carbocycles. The molecule has 1 aliphatic heterocycles. The van der Waals surface area contributed by atoms with Crippen LogP contribution >= 0.6 is 23.4 Å². The zero-order valence-electron chi connectivity index (χ0n) is 19.2. The number of carbonyl (C=O) groups excluding carboxylic acids is 2. The van der Waals surface area contributed by atoms with Gasteiger partial charge in [0.2, 0.25) is 0 Å². The number of allylic oxidation sites excluding steroid dienone is 3. The van der Waals surface area contributed by atoms with Gasteiger partial charge in [-0.05, 0) is 48.8 Å². The molecule has 0 amide bonds. The lowest BCUT2D eigenvalue weighted by molar-refractivity contribution is -0.138. The van der Waals surface area contributed by atoms with Crippen molar-refractivity contribution in [3.63, 3.8) is 0 Å². The summed E-state index contributed by atoms with van der Waals surface area (Å²) in [4.78, 5) is 26.7. The van der Waals surface area contributed by atoms with Crippen LogP contribution in [0, 0.1) is 5.82 Å². The van der Waals surface area contributed by atoms with E-state index in [1.807, 2.05) is 31.2 Å². The van der Waals surface area contributed by atoms with Gasteiger partial charge in [0.1, 0.15) is 12.4 Å². The minimum atomic E-state index is -0.803. The first kappa shape index (κ1) is 24.6. The fourth-order valence-electron chi connectivity index (χ4n) is 4.72. The Kier molecular flexibility index (Phi) is 7.79. The molecule has 1 heterocycles. The molecule has 0 spiro atoms. The van der Waals surface area contributed by atoms with E-state index in [-0.39, 0.29) is 24.7 Å². The number of nitrogens with one attached hydrogen (secondary N) is 1. The first-order chi connectivity index (χ1) is 16.4. The van der Waals surface area contributed by atoms with E-state index in [4.69, 9.17) is 16.3 Å². The molecule has 0 radical (unpaired) electrons. The number of thioether (sulfide) groups is 1. The molecule has 7 heteroatoms. The van der Waals surface area contributed by atoms with Gasteiger partial charge in [0, 0.05) is 39.7 Å². The Hall–Kier alpha value is -2.57. The predicted molar refractivity (Wildman–Crippen MR) is 134 cm³/mol. The number of hydrogen-bond donors (Lipinski definition) is 1. The van der Waals surface area contributed by atoms with Crippen LogP contribution in [0.3, 0.4) is 0 Å². The summed E-state index contributed by atoms with van der Waals surface area (Å²) in [6.45, 7) is 4.08. The standard InChI is InChI=1S/C27H27ClFNO3S/c1-3-34-13-12-33-27(32)24-16(2)30-22-14-18(17-8-10-19(28)11-9-17)15-23(31)26(22)25(24)20-6-4-5-7-21(20)29/h4-11,18,25,30H,3,12-15H2,1-2H3/t18-,25+/m0/s1. The maximum Gasteiger partial charge on any atom is 0.336 e. The summed E-state index contributed by atoms with van der Waals surface area (Å²) in [6, 6.07) is 13.8. The molecule has 34 heavy (non-hydrogen) atoms. The fourth-order valence-corrected chi connectivity index (χ4v) is 5.33. The Morgan fingerprint density at radius 1 is 1.18 bits per heavy atom. The van der Waals surface area contributed by atoms with Crippen LogP contribution < -0.4 is 5.32 Å². The van der Waals surface area contributed by atoms with Crippen LogP contribution in [0.4, 0.5) is 4.39 Å². The molecule has 0 aromatic heterocycles. The van der Waals surface area contributed by atoms with Crippen molar-refractivity contribution in [2.24, 2.45) is 0 Å². The van der Waals surface area contributed by atoms with Crippen molar-refractivity contribution in [3.8, 4) is 0 Å². The number of hydrogen-bond acceptors (Lipinski definition) is 5.